The van der Waals surface area contributed by atoms with E-state index >= 15 is 0 Å². The summed E-state index contributed by atoms with van der Waals surface area (Å²) < 4.78 is 42.6. The van der Waals surface area contributed by atoms with E-state index in [2.05, 4.69) is 10.0 Å². The van der Waals surface area contributed by atoms with E-state index in [-0.39, 0.29) is 24.0 Å². The summed E-state index contributed by atoms with van der Waals surface area (Å²) in [5, 5.41) is 3.19. The van der Waals surface area contributed by atoms with Crippen LogP contribution in [0.1, 0.15) is 15.9 Å². The lowest BCUT2D eigenvalue weighted by atomic mass is 10.2. The van der Waals surface area contributed by atoms with Crippen molar-refractivity contribution in [2.24, 2.45) is 0 Å². The maximum Gasteiger partial charge on any atom is 0.255 e. The smallest absolute Gasteiger partial charge is 0.255 e. The van der Waals surface area contributed by atoms with Crippen molar-refractivity contribution in [3.05, 3.63) is 76.8 Å². The van der Waals surface area contributed by atoms with Gasteiger partial charge in [-0.2, -0.15) is 0 Å². The maximum absolute atomic E-state index is 12.6. The Morgan fingerprint density at radius 3 is 2.42 bits per heavy atom. The number of nitrogens with one attached hydrogen (secondary N) is 2. The molecule has 0 atom stereocenters. The molecule has 1 amide bonds. The zero-order chi connectivity index (χ0) is 24.0. The second kappa shape index (κ2) is 10.5. The van der Waals surface area contributed by atoms with Gasteiger partial charge in [0.1, 0.15) is 23.9 Å². The molecule has 3 rings (SSSR count). The highest BCUT2D eigenvalue weighted by molar-refractivity contribution is 7.92. The van der Waals surface area contributed by atoms with Gasteiger partial charge in [0, 0.05) is 27.9 Å². The van der Waals surface area contributed by atoms with Gasteiger partial charge in [0.15, 0.2) is 0 Å². The third kappa shape index (κ3) is 6.77. The Hall–Kier alpha value is -3.43. The first kappa shape index (κ1) is 24.2. The lowest BCUT2D eigenvalue weighted by Crippen LogP contribution is -2.13. The minimum Gasteiger partial charge on any atom is -0.497 e. The summed E-state index contributed by atoms with van der Waals surface area (Å²) in [6, 6.07) is 16.4. The SMILES string of the molecule is COc1ccc(OC)c(COc2cc(NC(=O)c3cccc(Cl)c3)ccc2NS(C)(=O)=O)c1. The molecule has 0 bridgehead atoms. The van der Waals surface area contributed by atoms with Gasteiger partial charge < -0.3 is 19.5 Å². The molecule has 2 N–H and O–H groups in total. The second-order valence-electron chi connectivity index (χ2n) is 7.02. The predicted molar refractivity (Wildman–Crippen MR) is 128 cm³/mol. The first-order valence-corrected chi connectivity index (χ1v) is 12.0. The summed E-state index contributed by atoms with van der Waals surface area (Å²) in [5.74, 6) is 1.04. The summed E-state index contributed by atoms with van der Waals surface area (Å²) in [7, 11) is -0.483. The van der Waals surface area contributed by atoms with Gasteiger partial charge in [0.05, 0.1) is 26.2 Å². The highest BCUT2D eigenvalue weighted by Crippen LogP contribution is 2.32. The monoisotopic (exact) mass is 490 g/mol. The summed E-state index contributed by atoms with van der Waals surface area (Å²) in [6.45, 7) is 0.0600. The highest BCUT2D eigenvalue weighted by atomic mass is 35.5. The fourth-order valence-electron chi connectivity index (χ4n) is 2.99. The average molecular weight is 491 g/mol. The third-order valence-electron chi connectivity index (χ3n) is 4.49. The quantitative estimate of drug-likeness (QED) is 0.456. The number of carbonyl (C=O) groups is 1. The molecule has 3 aromatic rings. The number of hydrogen-bond donors (Lipinski definition) is 2. The highest BCUT2D eigenvalue weighted by Gasteiger charge is 2.14. The predicted octanol–water partition coefficient (Wildman–Crippen LogP) is 4.56. The van der Waals surface area contributed by atoms with Crippen LogP contribution in [-0.2, 0) is 16.6 Å². The van der Waals surface area contributed by atoms with Crippen LogP contribution in [-0.4, -0.2) is 34.8 Å². The first-order chi connectivity index (χ1) is 15.7. The van der Waals surface area contributed by atoms with Crippen LogP contribution in [0.25, 0.3) is 0 Å². The van der Waals surface area contributed by atoms with Crippen molar-refractivity contribution in [3.63, 3.8) is 0 Å². The van der Waals surface area contributed by atoms with Crippen LogP contribution in [0.4, 0.5) is 11.4 Å². The van der Waals surface area contributed by atoms with Crippen LogP contribution in [0, 0.1) is 0 Å². The largest absolute Gasteiger partial charge is 0.497 e. The van der Waals surface area contributed by atoms with Crippen LogP contribution >= 0.6 is 11.6 Å². The van der Waals surface area contributed by atoms with Gasteiger partial charge >= 0.3 is 0 Å². The maximum atomic E-state index is 12.6. The number of amides is 1. The number of ether oxygens (including phenoxy) is 3. The molecule has 0 aliphatic rings. The topological polar surface area (TPSA) is 103 Å². The van der Waals surface area contributed by atoms with Crippen molar-refractivity contribution in [2.75, 3.05) is 30.5 Å². The van der Waals surface area contributed by atoms with E-state index in [1.807, 2.05) is 0 Å². The van der Waals surface area contributed by atoms with E-state index in [9.17, 15) is 13.2 Å². The van der Waals surface area contributed by atoms with Crippen molar-refractivity contribution in [1.29, 1.82) is 0 Å². The Labute approximate surface area is 197 Å². The van der Waals surface area contributed by atoms with E-state index < -0.39 is 10.0 Å². The Kier molecular flexibility index (Phi) is 7.67. The molecular formula is C23H23ClN2O6S. The molecule has 0 spiro atoms. The van der Waals surface area contributed by atoms with Crippen molar-refractivity contribution >= 4 is 38.9 Å². The zero-order valence-electron chi connectivity index (χ0n) is 18.2. The molecular weight excluding hydrogens is 468 g/mol. The number of rotatable bonds is 9. The summed E-state index contributed by atoms with van der Waals surface area (Å²) >= 11 is 5.96. The molecule has 0 aromatic heterocycles. The molecule has 0 aliphatic carbocycles. The molecule has 10 heteroatoms. The van der Waals surface area contributed by atoms with Crippen LogP contribution in [0.5, 0.6) is 17.2 Å². The molecule has 8 nitrogen and oxygen atoms in total. The minimum absolute atomic E-state index is 0.0600. The number of methoxy groups -OCH3 is 2. The molecule has 0 saturated carbocycles. The molecule has 0 unspecified atom stereocenters. The fraction of sp³-hybridized carbons (Fsp3) is 0.174. The van der Waals surface area contributed by atoms with Gasteiger partial charge in [-0.1, -0.05) is 17.7 Å². The molecule has 3 aromatic carbocycles. The summed E-state index contributed by atoms with van der Waals surface area (Å²) in [5.41, 5.74) is 1.70. The second-order valence-corrected chi connectivity index (χ2v) is 9.20. The Morgan fingerprint density at radius 1 is 0.970 bits per heavy atom. The fourth-order valence-corrected chi connectivity index (χ4v) is 3.75. The third-order valence-corrected chi connectivity index (χ3v) is 5.32. The Balaban J connectivity index is 1.88. The van der Waals surface area contributed by atoms with Crippen molar-refractivity contribution in [2.45, 2.75) is 6.61 Å². The molecule has 0 radical (unpaired) electrons. The van der Waals surface area contributed by atoms with Crippen LogP contribution in [0.15, 0.2) is 60.7 Å². The Morgan fingerprint density at radius 2 is 1.76 bits per heavy atom. The lowest BCUT2D eigenvalue weighted by Gasteiger charge is -2.16. The normalized spacial score (nSPS) is 10.9. The molecule has 0 fully saturated rings. The van der Waals surface area contributed by atoms with Crippen molar-refractivity contribution in [1.82, 2.24) is 0 Å². The standard InChI is InChI=1S/C23H23ClN2O6S/c1-30-19-8-10-21(31-2)16(12-19)14-32-22-13-18(7-9-20(22)26-33(3,28)29)25-23(27)15-5-4-6-17(24)11-15/h4-13,26H,14H2,1-3H3,(H,25,27). The molecule has 0 heterocycles. The minimum atomic E-state index is -3.57. The average Bonchev–Trinajstić information content (AvgIpc) is 2.77. The zero-order valence-corrected chi connectivity index (χ0v) is 19.8. The summed E-state index contributed by atoms with van der Waals surface area (Å²) in [6.07, 6.45) is 1.04. The lowest BCUT2D eigenvalue weighted by molar-refractivity contribution is 0.102. The number of anilines is 2. The van der Waals surface area contributed by atoms with Gasteiger partial charge in [0.25, 0.3) is 5.91 Å². The number of sulfonamides is 1. The number of carbonyl (C=O) groups excluding carboxylic acids is 1. The van der Waals surface area contributed by atoms with Gasteiger partial charge in [-0.25, -0.2) is 8.42 Å². The van der Waals surface area contributed by atoms with Crippen LogP contribution < -0.4 is 24.2 Å². The van der Waals surface area contributed by atoms with E-state index in [4.69, 9.17) is 25.8 Å². The number of halogens is 1. The van der Waals surface area contributed by atoms with E-state index in [1.165, 1.54) is 19.2 Å². The molecule has 0 aliphatic heterocycles. The van der Waals surface area contributed by atoms with Gasteiger partial charge in [-0.05, 0) is 48.5 Å². The Bertz CT molecular complexity index is 1260. The first-order valence-electron chi connectivity index (χ1n) is 9.71. The molecule has 174 valence electrons. The van der Waals surface area contributed by atoms with Crippen LogP contribution in [0.2, 0.25) is 5.02 Å². The van der Waals surface area contributed by atoms with Gasteiger partial charge in [-0.15, -0.1) is 0 Å². The molecule has 33 heavy (non-hydrogen) atoms. The van der Waals surface area contributed by atoms with Crippen molar-refractivity contribution in [3.8, 4) is 17.2 Å². The summed E-state index contributed by atoms with van der Waals surface area (Å²) in [4.78, 5) is 12.6. The van der Waals surface area contributed by atoms with E-state index in [0.717, 1.165) is 6.26 Å². The van der Waals surface area contributed by atoms with Crippen molar-refractivity contribution < 1.29 is 27.4 Å². The number of hydrogen-bond acceptors (Lipinski definition) is 6. The van der Waals surface area contributed by atoms with E-state index in [0.29, 0.717) is 33.3 Å². The number of benzene rings is 3. The van der Waals surface area contributed by atoms with E-state index in [1.54, 1.807) is 55.6 Å². The van der Waals surface area contributed by atoms with Crippen LogP contribution in [0.3, 0.4) is 0 Å². The van der Waals surface area contributed by atoms with Gasteiger partial charge in [-0.3, -0.25) is 9.52 Å². The molecule has 0 saturated heterocycles. The van der Waals surface area contributed by atoms with Gasteiger partial charge in [0.2, 0.25) is 10.0 Å².